The number of halogens is 1. The van der Waals surface area contributed by atoms with E-state index in [1.165, 1.54) is 0 Å². The lowest BCUT2D eigenvalue weighted by atomic mass is 10.2. The number of nitriles is 1. The molecule has 1 heterocycles. The maximum Gasteiger partial charge on any atom is 0.138 e. The summed E-state index contributed by atoms with van der Waals surface area (Å²) < 4.78 is 0. The first-order chi connectivity index (χ1) is 6.33. The summed E-state index contributed by atoms with van der Waals surface area (Å²) in [7, 11) is 0. The van der Waals surface area contributed by atoms with Crippen molar-refractivity contribution in [2.75, 3.05) is 0 Å². The van der Waals surface area contributed by atoms with Gasteiger partial charge in [0.15, 0.2) is 0 Å². The van der Waals surface area contributed by atoms with Crippen molar-refractivity contribution in [1.82, 2.24) is 4.98 Å². The van der Waals surface area contributed by atoms with Gasteiger partial charge in [-0.2, -0.15) is 5.26 Å². The molecule has 0 aliphatic rings. The fraction of sp³-hybridized carbons (Fsp3) is 0. The van der Waals surface area contributed by atoms with Crippen LogP contribution in [0, 0.1) is 10.7 Å². The monoisotopic (exact) mass is 208 g/mol. The predicted molar refractivity (Wildman–Crippen MR) is 54.8 cm³/mol. The standard InChI is InChI=1S/C9H5ClN2S/c10-6-2-1-3-7-9(6)8(4-12-7)13-5-11/h1-4,12H. The summed E-state index contributed by atoms with van der Waals surface area (Å²) in [6.07, 6.45) is 1.80. The Hall–Kier alpha value is -1.11. The molecule has 64 valence electrons. The summed E-state index contributed by atoms with van der Waals surface area (Å²) >= 11 is 7.11. The van der Waals surface area contributed by atoms with Crippen LogP contribution in [0.3, 0.4) is 0 Å². The van der Waals surface area contributed by atoms with E-state index in [1.54, 1.807) is 6.20 Å². The molecule has 2 nitrogen and oxygen atoms in total. The molecule has 13 heavy (non-hydrogen) atoms. The quantitative estimate of drug-likeness (QED) is 0.576. The molecule has 0 aliphatic carbocycles. The Bertz CT molecular complexity index is 484. The molecule has 0 saturated carbocycles. The van der Waals surface area contributed by atoms with E-state index < -0.39 is 0 Å². The molecule has 2 aromatic rings. The molecule has 1 N–H and O–H groups in total. The normalized spacial score (nSPS) is 10.2. The van der Waals surface area contributed by atoms with Crippen LogP contribution in [0.15, 0.2) is 29.3 Å². The van der Waals surface area contributed by atoms with Crippen molar-refractivity contribution in [2.24, 2.45) is 0 Å². The van der Waals surface area contributed by atoms with Crippen molar-refractivity contribution in [1.29, 1.82) is 5.26 Å². The molecule has 0 aliphatic heterocycles. The van der Waals surface area contributed by atoms with Crippen LogP contribution in [0.2, 0.25) is 5.02 Å². The highest BCUT2D eigenvalue weighted by atomic mass is 35.5. The Morgan fingerprint density at radius 2 is 2.31 bits per heavy atom. The van der Waals surface area contributed by atoms with Gasteiger partial charge in [-0.25, -0.2) is 0 Å². The molecule has 1 aromatic heterocycles. The van der Waals surface area contributed by atoms with E-state index >= 15 is 0 Å². The average molecular weight is 209 g/mol. The molecule has 0 unspecified atom stereocenters. The molecule has 1 aromatic carbocycles. The van der Waals surface area contributed by atoms with Gasteiger partial charge in [0, 0.05) is 22.0 Å². The molecule has 0 fully saturated rings. The van der Waals surface area contributed by atoms with Crippen LogP contribution in [-0.4, -0.2) is 4.98 Å². The van der Waals surface area contributed by atoms with Gasteiger partial charge in [0.05, 0.1) is 5.02 Å². The number of thiocyanates is 1. The number of benzene rings is 1. The van der Waals surface area contributed by atoms with E-state index in [9.17, 15) is 0 Å². The molecule has 0 saturated heterocycles. The number of fused-ring (bicyclic) bond motifs is 1. The Labute approximate surface area is 84.5 Å². The Morgan fingerprint density at radius 1 is 1.46 bits per heavy atom. The molecule has 0 radical (unpaired) electrons. The van der Waals surface area contributed by atoms with Gasteiger partial charge in [-0.15, -0.1) is 0 Å². The zero-order chi connectivity index (χ0) is 9.26. The van der Waals surface area contributed by atoms with Crippen LogP contribution in [0.1, 0.15) is 0 Å². The van der Waals surface area contributed by atoms with E-state index in [-0.39, 0.29) is 0 Å². The highest BCUT2D eigenvalue weighted by Gasteiger charge is 2.06. The minimum Gasteiger partial charge on any atom is -0.360 e. The third-order valence-electron chi connectivity index (χ3n) is 1.77. The van der Waals surface area contributed by atoms with E-state index in [4.69, 9.17) is 16.9 Å². The maximum absolute atomic E-state index is 8.54. The van der Waals surface area contributed by atoms with Crippen molar-refractivity contribution in [3.05, 3.63) is 29.4 Å². The minimum absolute atomic E-state index is 0.677. The van der Waals surface area contributed by atoms with Crippen LogP contribution in [0.25, 0.3) is 10.9 Å². The van der Waals surface area contributed by atoms with Crippen molar-refractivity contribution >= 4 is 34.3 Å². The Kier molecular flexibility index (Phi) is 2.17. The van der Waals surface area contributed by atoms with Gasteiger partial charge in [0.2, 0.25) is 0 Å². The van der Waals surface area contributed by atoms with E-state index in [1.807, 2.05) is 23.6 Å². The molecular weight excluding hydrogens is 204 g/mol. The minimum atomic E-state index is 0.677. The van der Waals surface area contributed by atoms with Gasteiger partial charge in [0.1, 0.15) is 5.40 Å². The molecular formula is C9H5ClN2S. The summed E-state index contributed by atoms with van der Waals surface area (Å²) in [6.45, 7) is 0. The lowest BCUT2D eigenvalue weighted by Gasteiger charge is -1.94. The summed E-state index contributed by atoms with van der Waals surface area (Å²) in [4.78, 5) is 3.94. The van der Waals surface area contributed by atoms with Gasteiger partial charge >= 0.3 is 0 Å². The van der Waals surface area contributed by atoms with E-state index in [2.05, 4.69) is 4.98 Å². The average Bonchev–Trinajstić information content (AvgIpc) is 2.51. The van der Waals surface area contributed by atoms with E-state index in [0.717, 1.165) is 27.6 Å². The zero-order valence-electron chi connectivity index (χ0n) is 6.54. The first-order valence-corrected chi connectivity index (χ1v) is 4.84. The number of rotatable bonds is 1. The predicted octanol–water partition coefficient (Wildman–Crippen LogP) is 3.39. The zero-order valence-corrected chi connectivity index (χ0v) is 8.12. The second kappa shape index (κ2) is 3.33. The second-order valence-electron chi connectivity index (χ2n) is 2.51. The number of aromatic amines is 1. The highest BCUT2D eigenvalue weighted by molar-refractivity contribution is 8.04. The lowest BCUT2D eigenvalue weighted by molar-refractivity contribution is 1.42. The van der Waals surface area contributed by atoms with Crippen LogP contribution >= 0.6 is 23.4 Å². The Morgan fingerprint density at radius 3 is 3.08 bits per heavy atom. The van der Waals surface area contributed by atoms with Crippen LogP contribution in [-0.2, 0) is 0 Å². The highest BCUT2D eigenvalue weighted by Crippen LogP contribution is 2.32. The smallest absolute Gasteiger partial charge is 0.138 e. The number of H-pyrrole nitrogens is 1. The first kappa shape index (κ1) is 8.49. The lowest BCUT2D eigenvalue weighted by Crippen LogP contribution is -1.69. The van der Waals surface area contributed by atoms with Crippen LogP contribution in [0.5, 0.6) is 0 Å². The SMILES string of the molecule is N#CSc1c[nH]c2cccc(Cl)c12. The number of hydrogen-bond donors (Lipinski definition) is 1. The van der Waals surface area contributed by atoms with Crippen molar-refractivity contribution < 1.29 is 0 Å². The topological polar surface area (TPSA) is 39.6 Å². The third-order valence-corrected chi connectivity index (χ3v) is 2.72. The Balaban J connectivity index is 2.73. The first-order valence-electron chi connectivity index (χ1n) is 3.64. The van der Waals surface area contributed by atoms with Gasteiger partial charge < -0.3 is 4.98 Å². The van der Waals surface area contributed by atoms with Gasteiger partial charge in [-0.1, -0.05) is 17.7 Å². The fourth-order valence-corrected chi connectivity index (χ4v) is 2.11. The van der Waals surface area contributed by atoms with Crippen LogP contribution < -0.4 is 0 Å². The third kappa shape index (κ3) is 1.39. The summed E-state index contributed by atoms with van der Waals surface area (Å²) in [5.74, 6) is 0. The summed E-state index contributed by atoms with van der Waals surface area (Å²) in [5.41, 5.74) is 0.963. The number of thioether (sulfide) groups is 1. The molecule has 0 bridgehead atoms. The number of nitrogens with one attached hydrogen (secondary N) is 1. The molecule has 0 atom stereocenters. The van der Waals surface area contributed by atoms with Gasteiger partial charge in [-0.3, -0.25) is 0 Å². The molecule has 2 rings (SSSR count). The van der Waals surface area contributed by atoms with Crippen LogP contribution in [0.4, 0.5) is 0 Å². The summed E-state index contributed by atoms with van der Waals surface area (Å²) in [6, 6.07) is 5.63. The summed E-state index contributed by atoms with van der Waals surface area (Å²) in [5, 5.41) is 12.2. The van der Waals surface area contributed by atoms with Crippen molar-refractivity contribution in [3.63, 3.8) is 0 Å². The van der Waals surface area contributed by atoms with E-state index in [0.29, 0.717) is 5.02 Å². The fourth-order valence-electron chi connectivity index (χ4n) is 1.24. The van der Waals surface area contributed by atoms with Crippen molar-refractivity contribution in [2.45, 2.75) is 4.90 Å². The number of hydrogen-bond acceptors (Lipinski definition) is 2. The molecule has 0 amide bonds. The number of aromatic nitrogens is 1. The second-order valence-corrected chi connectivity index (χ2v) is 3.74. The largest absolute Gasteiger partial charge is 0.360 e. The van der Waals surface area contributed by atoms with Crippen molar-refractivity contribution in [3.8, 4) is 5.40 Å². The van der Waals surface area contributed by atoms with Gasteiger partial charge in [0.25, 0.3) is 0 Å². The number of nitrogens with zero attached hydrogens (tertiary/aromatic N) is 1. The molecule has 4 heteroatoms. The van der Waals surface area contributed by atoms with Gasteiger partial charge in [-0.05, 0) is 23.9 Å². The molecule has 0 spiro atoms. The maximum atomic E-state index is 8.54.